The van der Waals surface area contributed by atoms with Crippen molar-refractivity contribution in [2.24, 2.45) is 0 Å². The van der Waals surface area contributed by atoms with Gasteiger partial charge in [-0.1, -0.05) is 23.7 Å². The van der Waals surface area contributed by atoms with E-state index in [4.69, 9.17) is 16.3 Å². The van der Waals surface area contributed by atoms with E-state index in [0.717, 1.165) is 10.5 Å². The summed E-state index contributed by atoms with van der Waals surface area (Å²) in [5, 5.41) is 3.11. The lowest BCUT2D eigenvalue weighted by Crippen LogP contribution is -2.37. The number of halogens is 2. The Balaban J connectivity index is 1.59. The van der Waals surface area contributed by atoms with Gasteiger partial charge in [-0.15, -0.1) is 0 Å². The molecule has 34 heavy (non-hydrogen) atoms. The molecule has 0 aromatic heterocycles. The molecule has 0 bridgehead atoms. The summed E-state index contributed by atoms with van der Waals surface area (Å²) < 4.78 is 18.3. The smallest absolute Gasteiger partial charge is 0.332 e. The molecule has 1 atom stereocenters. The summed E-state index contributed by atoms with van der Waals surface area (Å²) in [5.41, 5.74) is 1.52. The molecule has 0 unspecified atom stereocenters. The average molecular weight is 482 g/mol. The van der Waals surface area contributed by atoms with Crippen molar-refractivity contribution < 1.29 is 23.5 Å². The maximum Gasteiger partial charge on any atom is 0.332 e. The normalized spacial score (nSPS) is 15.6. The van der Waals surface area contributed by atoms with Crippen molar-refractivity contribution in [3.8, 4) is 5.75 Å². The van der Waals surface area contributed by atoms with Crippen molar-refractivity contribution in [1.29, 1.82) is 0 Å². The van der Waals surface area contributed by atoms with Crippen molar-refractivity contribution in [3.63, 3.8) is 0 Å². The van der Waals surface area contributed by atoms with Crippen molar-refractivity contribution in [2.45, 2.75) is 19.0 Å². The van der Waals surface area contributed by atoms with E-state index in [1.807, 2.05) is 0 Å². The molecule has 0 saturated carbocycles. The predicted octanol–water partition coefficient (Wildman–Crippen LogP) is 4.85. The topological polar surface area (TPSA) is 79.0 Å². The molecular weight excluding hydrogens is 461 g/mol. The summed E-state index contributed by atoms with van der Waals surface area (Å²) in [6.07, 6.45) is -0.262. The molecule has 1 fully saturated rings. The van der Waals surface area contributed by atoms with Crippen LogP contribution in [-0.4, -0.2) is 35.9 Å². The number of hydrogen-bond acceptors (Lipinski definition) is 4. The molecule has 1 N–H and O–H groups in total. The molecule has 1 saturated heterocycles. The van der Waals surface area contributed by atoms with Crippen LogP contribution in [0.5, 0.6) is 5.75 Å². The molecule has 1 aliphatic rings. The molecule has 4 amide bonds. The van der Waals surface area contributed by atoms with Crippen LogP contribution in [0.2, 0.25) is 5.02 Å². The fourth-order valence-electron chi connectivity index (χ4n) is 3.69. The van der Waals surface area contributed by atoms with Crippen LogP contribution in [0.25, 0.3) is 0 Å². The second kappa shape index (κ2) is 9.93. The van der Waals surface area contributed by atoms with Crippen LogP contribution in [0.3, 0.4) is 0 Å². The first kappa shape index (κ1) is 23.3. The second-order valence-electron chi connectivity index (χ2n) is 7.68. The summed E-state index contributed by atoms with van der Waals surface area (Å²) >= 11 is 5.95. The molecule has 0 spiro atoms. The molecule has 3 aromatic carbocycles. The molecule has 0 radical (unpaired) electrons. The van der Waals surface area contributed by atoms with E-state index in [2.05, 4.69) is 5.32 Å². The fourth-order valence-corrected chi connectivity index (χ4v) is 3.82. The van der Waals surface area contributed by atoms with Gasteiger partial charge in [0.15, 0.2) is 0 Å². The number of imide groups is 1. The minimum atomic E-state index is -1.02. The molecule has 0 aliphatic carbocycles. The van der Waals surface area contributed by atoms with E-state index < -0.39 is 29.7 Å². The number of nitrogens with one attached hydrogen (secondary N) is 1. The van der Waals surface area contributed by atoms with Crippen molar-refractivity contribution >= 4 is 40.8 Å². The molecule has 7 nitrogen and oxygen atoms in total. The van der Waals surface area contributed by atoms with Gasteiger partial charge < -0.3 is 15.0 Å². The van der Waals surface area contributed by atoms with Crippen molar-refractivity contribution in [2.75, 3.05) is 17.3 Å². The van der Waals surface area contributed by atoms with Gasteiger partial charge in [-0.25, -0.2) is 14.1 Å². The summed E-state index contributed by atoms with van der Waals surface area (Å²) in [5.74, 6) is -0.769. The first-order valence-corrected chi connectivity index (χ1v) is 10.8. The average Bonchev–Trinajstić information content (AvgIpc) is 3.05. The maximum atomic E-state index is 13.3. The largest absolute Gasteiger partial charge is 0.497 e. The number of amides is 4. The van der Waals surface area contributed by atoms with Gasteiger partial charge in [0.2, 0.25) is 5.91 Å². The van der Waals surface area contributed by atoms with Crippen LogP contribution < -0.4 is 15.0 Å². The standard InChI is InChI=1S/C25H21ClFN3O4/c1-34-21-12-2-16(3-13-21)15-29-22(14-23(31)28-19-8-6-18(27)7-9-19)24(32)30(25(29)33)20-10-4-17(26)5-11-20/h2-13,22H,14-15H2,1H3,(H,28,31)/t22-/m0/s1. The number of anilines is 2. The van der Waals surface area contributed by atoms with Gasteiger partial charge >= 0.3 is 6.03 Å². The van der Waals surface area contributed by atoms with E-state index in [1.165, 1.54) is 29.2 Å². The second-order valence-corrected chi connectivity index (χ2v) is 8.12. The van der Waals surface area contributed by atoms with Gasteiger partial charge in [0, 0.05) is 17.3 Å². The summed E-state index contributed by atoms with van der Waals surface area (Å²) in [4.78, 5) is 41.8. The SMILES string of the molecule is COc1ccc(CN2C(=O)N(c3ccc(Cl)cc3)C(=O)[C@@H]2CC(=O)Nc2ccc(F)cc2)cc1. The number of nitrogens with zero attached hydrogens (tertiary/aromatic N) is 2. The van der Waals surface area contributed by atoms with Crippen molar-refractivity contribution in [1.82, 2.24) is 4.90 Å². The monoisotopic (exact) mass is 481 g/mol. The zero-order chi connectivity index (χ0) is 24.2. The Kier molecular flexibility index (Phi) is 6.79. The van der Waals surface area contributed by atoms with Crippen LogP contribution in [-0.2, 0) is 16.1 Å². The highest BCUT2D eigenvalue weighted by molar-refractivity contribution is 6.30. The Morgan fingerprint density at radius 3 is 2.26 bits per heavy atom. The van der Waals surface area contributed by atoms with Gasteiger partial charge in [0.05, 0.1) is 19.2 Å². The Labute approximate surface area is 200 Å². The summed E-state index contributed by atoms with van der Waals surface area (Å²) in [7, 11) is 1.55. The molecular formula is C25H21ClFN3O4. The van der Waals surface area contributed by atoms with Gasteiger partial charge in [0.25, 0.3) is 5.91 Å². The van der Waals surface area contributed by atoms with Crippen LogP contribution in [0.1, 0.15) is 12.0 Å². The Morgan fingerprint density at radius 1 is 1.00 bits per heavy atom. The van der Waals surface area contributed by atoms with E-state index >= 15 is 0 Å². The highest BCUT2D eigenvalue weighted by Gasteiger charge is 2.46. The summed E-state index contributed by atoms with van der Waals surface area (Å²) in [6.45, 7) is 0.118. The molecule has 3 aromatic rings. The number of ether oxygens (including phenoxy) is 1. The Hall–Kier alpha value is -3.91. The first-order valence-electron chi connectivity index (χ1n) is 10.4. The van der Waals surface area contributed by atoms with Gasteiger partial charge in [0.1, 0.15) is 17.6 Å². The minimum absolute atomic E-state index is 0.118. The van der Waals surface area contributed by atoms with Crippen LogP contribution in [0.15, 0.2) is 72.8 Å². The number of benzene rings is 3. The molecule has 1 aliphatic heterocycles. The lowest BCUT2D eigenvalue weighted by molar-refractivity contribution is -0.124. The number of carbonyl (C=O) groups is 3. The van der Waals surface area contributed by atoms with E-state index in [0.29, 0.717) is 22.1 Å². The minimum Gasteiger partial charge on any atom is -0.497 e. The third kappa shape index (κ3) is 5.02. The highest BCUT2D eigenvalue weighted by atomic mass is 35.5. The van der Waals surface area contributed by atoms with Gasteiger partial charge in [-0.2, -0.15) is 0 Å². The van der Waals surface area contributed by atoms with Crippen LogP contribution in [0, 0.1) is 5.82 Å². The van der Waals surface area contributed by atoms with Crippen molar-refractivity contribution in [3.05, 3.63) is 89.2 Å². The number of rotatable bonds is 7. The maximum absolute atomic E-state index is 13.3. The van der Waals surface area contributed by atoms with E-state index in [1.54, 1.807) is 55.6 Å². The van der Waals surface area contributed by atoms with Gasteiger partial charge in [-0.05, 0) is 66.2 Å². The van der Waals surface area contributed by atoms with Crippen LogP contribution in [0.4, 0.5) is 20.6 Å². The lowest BCUT2D eigenvalue weighted by Gasteiger charge is -2.22. The molecule has 1 heterocycles. The number of methoxy groups -OCH3 is 1. The Morgan fingerprint density at radius 2 is 1.65 bits per heavy atom. The lowest BCUT2D eigenvalue weighted by atomic mass is 10.1. The van der Waals surface area contributed by atoms with Gasteiger partial charge in [-0.3, -0.25) is 9.59 Å². The number of carbonyl (C=O) groups excluding carboxylic acids is 3. The highest BCUT2D eigenvalue weighted by Crippen LogP contribution is 2.30. The molecule has 4 rings (SSSR count). The number of urea groups is 1. The summed E-state index contributed by atoms with van der Waals surface area (Å²) in [6, 6.07) is 17.1. The quantitative estimate of drug-likeness (QED) is 0.489. The zero-order valence-electron chi connectivity index (χ0n) is 18.2. The third-order valence-electron chi connectivity index (χ3n) is 5.42. The molecule has 9 heteroatoms. The first-order chi connectivity index (χ1) is 16.4. The van der Waals surface area contributed by atoms with Crippen LogP contribution >= 0.6 is 11.6 Å². The zero-order valence-corrected chi connectivity index (χ0v) is 19.0. The predicted molar refractivity (Wildman–Crippen MR) is 126 cm³/mol. The number of hydrogen-bond donors (Lipinski definition) is 1. The van der Waals surface area contributed by atoms with E-state index in [-0.39, 0.29) is 13.0 Å². The van der Waals surface area contributed by atoms with E-state index in [9.17, 15) is 18.8 Å². The Bertz CT molecular complexity index is 1200. The molecule has 174 valence electrons. The fraction of sp³-hybridized carbons (Fsp3) is 0.160. The third-order valence-corrected chi connectivity index (χ3v) is 5.67.